The number of carbonyl (C=O) groups excluding carboxylic acids is 1. The summed E-state index contributed by atoms with van der Waals surface area (Å²) in [5.41, 5.74) is 0.555. The van der Waals surface area contributed by atoms with Crippen LogP contribution in [0.3, 0.4) is 0 Å². The number of aliphatic hydroxyl groups excluding tert-OH is 1. The molecule has 1 amide bonds. The molecule has 6 nitrogen and oxygen atoms in total. The first-order valence-electron chi connectivity index (χ1n) is 10.8. The lowest BCUT2D eigenvalue weighted by Gasteiger charge is -2.41. The minimum absolute atomic E-state index is 0. The number of ether oxygens (including phenoxy) is 2. The Kier molecular flexibility index (Phi) is 9.50. The van der Waals surface area contributed by atoms with Crippen molar-refractivity contribution in [3.63, 3.8) is 0 Å². The van der Waals surface area contributed by atoms with E-state index in [0.717, 1.165) is 32.1 Å². The molecule has 0 unspecified atom stereocenters. The Morgan fingerprint density at radius 3 is 2.52 bits per heavy atom. The van der Waals surface area contributed by atoms with E-state index < -0.39 is 18.1 Å². The van der Waals surface area contributed by atoms with Crippen molar-refractivity contribution >= 4 is 5.91 Å². The van der Waals surface area contributed by atoms with Crippen LogP contribution in [0.1, 0.15) is 64.5 Å². The van der Waals surface area contributed by atoms with Crippen molar-refractivity contribution in [2.45, 2.75) is 70.9 Å². The Balaban J connectivity index is 0.00000341. The Morgan fingerprint density at radius 1 is 1.16 bits per heavy atom. The van der Waals surface area contributed by atoms with Gasteiger partial charge in [0.1, 0.15) is 19.3 Å². The van der Waals surface area contributed by atoms with Gasteiger partial charge in [-0.1, -0.05) is 46.1 Å². The van der Waals surface area contributed by atoms with Gasteiger partial charge < -0.3 is 19.9 Å². The maximum atomic E-state index is 13.3. The van der Waals surface area contributed by atoms with E-state index >= 15 is 0 Å². The molecule has 0 spiro atoms. The van der Waals surface area contributed by atoms with Crippen molar-refractivity contribution in [2.24, 2.45) is 0 Å². The average Bonchev–Trinajstić information content (AvgIpc) is 2.71. The molecule has 0 radical (unpaired) electrons. The van der Waals surface area contributed by atoms with Crippen LogP contribution in [0.15, 0.2) is 18.2 Å². The molecule has 1 aromatic rings. The van der Waals surface area contributed by atoms with Gasteiger partial charge in [0.15, 0.2) is 11.5 Å². The summed E-state index contributed by atoms with van der Waals surface area (Å²) in [5.74, 6) is -1.72. The SMILES string of the molecule is C.CCCCCCCC(=O)N[C@H](CN1CC(F)(F)C1)[C@H](O)c1ccc2c(c1)OCCO2. The number of carbonyl (C=O) groups is 1. The lowest BCUT2D eigenvalue weighted by atomic mass is 9.99. The summed E-state index contributed by atoms with van der Waals surface area (Å²) in [6, 6.07) is 4.43. The normalized spacial score (nSPS) is 19.0. The molecule has 2 N–H and O–H groups in total. The highest BCUT2D eigenvalue weighted by atomic mass is 19.3. The van der Waals surface area contributed by atoms with Gasteiger partial charge in [0.05, 0.1) is 19.1 Å². The second-order valence-corrected chi connectivity index (χ2v) is 8.21. The lowest BCUT2D eigenvalue weighted by Crippen LogP contribution is -2.60. The van der Waals surface area contributed by atoms with Crippen LogP contribution in [-0.4, -0.2) is 60.7 Å². The smallest absolute Gasteiger partial charge is 0.272 e. The van der Waals surface area contributed by atoms with E-state index in [-0.39, 0.29) is 33.0 Å². The van der Waals surface area contributed by atoms with Crippen LogP contribution < -0.4 is 14.8 Å². The van der Waals surface area contributed by atoms with Crippen LogP contribution in [0.4, 0.5) is 8.78 Å². The van der Waals surface area contributed by atoms with Crippen molar-refractivity contribution in [3.05, 3.63) is 23.8 Å². The van der Waals surface area contributed by atoms with Crippen molar-refractivity contribution in [2.75, 3.05) is 32.8 Å². The maximum absolute atomic E-state index is 13.3. The molecular weight excluding hydrogens is 406 g/mol. The summed E-state index contributed by atoms with van der Waals surface area (Å²) in [6.07, 6.45) is 4.46. The third-order valence-electron chi connectivity index (χ3n) is 5.51. The first kappa shape index (κ1) is 25.3. The van der Waals surface area contributed by atoms with Crippen molar-refractivity contribution < 1.29 is 28.2 Å². The van der Waals surface area contributed by atoms with Gasteiger partial charge >= 0.3 is 0 Å². The van der Waals surface area contributed by atoms with E-state index in [2.05, 4.69) is 12.2 Å². The van der Waals surface area contributed by atoms with Crippen LogP contribution in [-0.2, 0) is 4.79 Å². The molecule has 3 rings (SSSR count). The number of nitrogens with zero attached hydrogens (tertiary/aromatic N) is 1. The van der Waals surface area contributed by atoms with Gasteiger partial charge in [-0.15, -0.1) is 0 Å². The number of hydrogen-bond donors (Lipinski definition) is 2. The molecule has 2 aliphatic heterocycles. The molecule has 31 heavy (non-hydrogen) atoms. The molecule has 2 atom stereocenters. The second-order valence-electron chi connectivity index (χ2n) is 8.21. The molecule has 1 fully saturated rings. The Bertz CT molecular complexity index is 709. The number of amides is 1. The Hall–Kier alpha value is -1.93. The molecule has 2 heterocycles. The van der Waals surface area contributed by atoms with E-state index in [4.69, 9.17) is 9.47 Å². The van der Waals surface area contributed by atoms with E-state index in [1.807, 2.05) is 0 Å². The summed E-state index contributed by atoms with van der Waals surface area (Å²) in [6.45, 7) is 2.47. The highest BCUT2D eigenvalue weighted by Gasteiger charge is 2.45. The molecule has 0 aliphatic carbocycles. The molecule has 176 valence electrons. The zero-order chi connectivity index (χ0) is 21.6. The number of aliphatic hydroxyl groups is 1. The number of fused-ring (bicyclic) bond motifs is 1. The molecule has 0 aromatic heterocycles. The first-order chi connectivity index (χ1) is 14.4. The predicted octanol–water partition coefficient (Wildman–Crippen LogP) is 3.92. The number of halogens is 2. The average molecular weight is 443 g/mol. The molecule has 2 aliphatic rings. The lowest BCUT2D eigenvalue weighted by molar-refractivity contribution is -0.138. The van der Waals surface area contributed by atoms with Crippen molar-refractivity contribution in [1.82, 2.24) is 10.2 Å². The number of likely N-dealkylation sites (tertiary alicyclic amines) is 1. The summed E-state index contributed by atoms with van der Waals surface area (Å²) in [5, 5.41) is 13.8. The number of hydrogen-bond acceptors (Lipinski definition) is 5. The summed E-state index contributed by atoms with van der Waals surface area (Å²) in [7, 11) is 0. The minimum atomic E-state index is -2.70. The highest BCUT2D eigenvalue weighted by molar-refractivity contribution is 5.76. The quantitative estimate of drug-likeness (QED) is 0.508. The number of alkyl halides is 2. The third kappa shape index (κ3) is 7.31. The van der Waals surface area contributed by atoms with Crippen molar-refractivity contribution in [3.8, 4) is 11.5 Å². The van der Waals surface area contributed by atoms with E-state index in [1.165, 1.54) is 0 Å². The third-order valence-corrected chi connectivity index (χ3v) is 5.51. The molecule has 1 aromatic carbocycles. The zero-order valence-electron chi connectivity index (χ0n) is 17.5. The van der Waals surface area contributed by atoms with Gasteiger partial charge in [-0.05, 0) is 24.1 Å². The van der Waals surface area contributed by atoms with Crippen LogP contribution >= 0.6 is 0 Å². The fourth-order valence-electron chi connectivity index (χ4n) is 3.88. The fourth-order valence-corrected chi connectivity index (χ4v) is 3.88. The fraction of sp³-hybridized carbons (Fsp3) is 0.696. The van der Waals surface area contributed by atoms with Gasteiger partial charge in [0, 0.05) is 13.0 Å². The topological polar surface area (TPSA) is 71.0 Å². The van der Waals surface area contributed by atoms with Gasteiger partial charge in [-0.2, -0.15) is 0 Å². The predicted molar refractivity (Wildman–Crippen MR) is 116 cm³/mol. The monoisotopic (exact) mass is 442 g/mol. The Labute approximate surface area is 183 Å². The highest BCUT2D eigenvalue weighted by Crippen LogP contribution is 2.34. The maximum Gasteiger partial charge on any atom is 0.272 e. The molecule has 8 heteroatoms. The number of unbranched alkanes of at least 4 members (excludes halogenated alkanes) is 4. The number of rotatable bonds is 11. The largest absolute Gasteiger partial charge is 0.486 e. The second kappa shape index (κ2) is 11.6. The van der Waals surface area contributed by atoms with E-state index in [0.29, 0.717) is 36.7 Å². The summed E-state index contributed by atoms with van der Waals surface area (Å²) >= 11 is 0. The standard InChI is InChI=1S/C22H32F2N2O4.CH4/c1-2-3-4-5-6-7-20(27)25-17(13-26-14-22(23,24)15-26)21(28)16-8-9-18-19(12-16)30-11-10-29-18;/h8-9,12,17,21,28H,2-7,10-11,13-15H2,1H3,(H,25,27);1H4/t17-,21-;/m1./s1. The van der Waals surface area contributed by atoms with Gasteiger partial charge in [0.25, 0.3) is 5.92 Å². The molecular formula is C23H36F2N2O4. The first-order valence-corrected chi connectivity index (χ1v) is 10.8. The number of nitrogens with one attached hydrogen (secondary N) is 1. The van der Waals surface area contributed by atoms with Gasteiger partial charge in [-0.25, -0.2) is 8.78 Å². The Morgan fingerprint density at radius 2 is 1.84 bits per heavy atom. The minimum Gasteiger partial charge on any atom is -0.486 e. The van der Waals surface area contributed by atoms with Gasteiger partial charge in [-0.3, -0.25) is 9.69 Å². The molecule has 0 bridgehead atoms. The van der Waals surface area contributed by atoms with E-state index in [1.54, 1.807) is 23.1 Å². The van der Waals surface area contributed by atoms with Crippen LogP contribution in [0.25, 0.3) is 0 Å². The van der Waals surface area contributed by atoms with Crippen LogP contribution in [0, 0.1) is 0 Å². The molecule has 1 saturated heterocycles. The van der Waals surface area contributed by atoms with Gasteiger partial charge in [0.2, 0.25) is 5.91 Å². The zero-order valence-corrected chi connectivity index (χ0v) is 17.5. The number of benzene rings is 1. The van der Waals surface area contributed by atoms with Crippen LogP contribution in [0.2, 0.25) is 0 Å². The van der Waals surface area contributed by atoms with Crippen molar-refractivity contribution in [1.29, 1.82) is 0 Å². The van der Waals surface area contributed by atoms with E-state index in [9.17, 15) is 18.7 Å². The summed E-state index contributed by atoms with van der Waals surface area (Å²) < 4.78 is 37.6. The van der Waals surface area contributed by atoms with Crippen LogP contribution in [0.5, 0.6) is 11.5 Å². The summed E-state index contributed by atoms with van der Waals surface area (Å²) in [4.78, 5) is 14.0. The molecule has 0 saturated carbocycles.